The van der Waals surface area contributed by atoms with E-state index in [2.05, 4.69) is 75.8 Å². The molecule has 1 aliphatic heterocycles. The molecule has 1 aliphatic rings. The number of amides is 1. The molecule has 0 unspecified atom stereocenters. The van der Waals surface area contributed by atoms with Crippen molar-refractivity contribution < 1.29 is 9.90 Å². The molecule has 6 heteroatoms. The summed E-state index contributed by atoms with van der Waals surface area (Å²) in [4.78, 5) is 19.7. The third-order valence-electron chi connectivity index (χ3n) is 6.57. The number of hydrogen-bond acceptors (Lipinski definition) is 4. The molecule has 1 fully saturated rings. The van der Waals surface area contributed by atoms with Crippen LogP contribution >= 0.6 is 0 Å². The van der Waals surface area contributed by atoms with Crippen molar-refractivity contribution >= 4 is 5.91 Å². The van der Waals surface area contributed by atoms with Gasteiger partial charge in [-0.15, -0.1) is 0 Å². The second-order valence-corrected chi connectivity index (χ2v) is 10.8. The van der Waals surface area contributed by atoms with Gasteiger partial charge in [0.1, 0.15) is 5.82 Å². The quantitative estimate of drug-likeness (QED) is 0.621. The van der Waals surface area contributed by atoms with E-state index in [0.29, 0.717) is 25.4 Å². The Bertz CT molecular complexity index is 955. The first-order valence-electron chi connectivity index (χ1n) is 12.0. The maximum atomic E-state index is 13.6. The van der Waals surface area contributed by atoms with Crippen LogP contribution in [0.25, 0.3) is 5.69 Å². The fraction of sp³-hybridized carbons (Fsp3) is 0.556. The lowest BCUT2D eigenvalue weighted by atomic mass is 9.75. The van der Waals surface area contributed by atoms with Crippen LogP contribution in [0.2, 0.25) is 0 Å². The number of carbonyl (C=O) groups excluding carboxylic acids is 1. The molecule has 180 valence electrons. The second kappa shape index (κ2) is 10.1. The van der Waals surface area contributed by atoms with Crippen LogP contribution in [0.15, 0.2) is 48.9 Å². The predicted molar refractivity (Wildman–Crippen MR) is 133 cm³/mol. The Labute approximate surface area is 198 Å². The summed E-state index contributed by atoms with van der Waals surface area (Å²) < 4.78 is 2.04. The second-order valence-electron chi connectivity index (χ2n) is 10.8. The van der Waals surface area contributed by atoms with E-state index in [4.69, 9.17) is 0 Å². The number of aliphatic hydroxyl groups is 1. The number of likely N-dealkylation sites (tertiary alicyclic amines) is 1. The fourth-order valence-electron chi connectivity index (χ4n) is 4.64. The van der Waals surface area contributed by atoms with E-state index in [0.717, 1.165) is 29.2 Å². The van der Waals surface area contributed by atoms with Crippen LogP contribution in [-0.2, 0) is 11.3 Å². The van der Waals surface area contributed by atoms with E-state index >= 15 is 0 Å². The molecule has 0 aliphatic carbocycles. The summed E-state index contributed by atoms with van der Waals surface area (Å²) in [7, 11) is 0. The molecule has 3 atom stereocenters. The van der Waals surface area contributed by atoms with Crippen molar-refractivity contribution in [3.05, 3.63) is 60.3 Å². The molecule has 6 nitrogen and oxygen atoms in total. The standard InChI is InChI=1S/C27H40N4O2/c1-18(2)14-24(27(5,6)7)26(33)31-17-23(32)15-25(31)19(3)29-16-21-8-10-22(11-9-21)30-13-12-28-20(30)4/h8-13,18,23-25,29,32H,3,14-17H2,1-2,4-7H3/t23-,24-,25+/m1/s1. The zero-order valence-electron chi connectivity index (χ0n) is 21.0. The third-order valence-corrected chi connectivity index (χ3v) is 6.57. The van der Waals surface area contributed by atoms with Gasteiger partial charge in [0.2, 0.25) is 5.91 Å². The highest BCUT2D eigenvalue weighted by Crippen LogP contribution is 2.35. The molecule has 1 aromatic carbocycles. The number of aliphatic hydroxyl groups excluding tert-OH is 1. The number of nitrogens with zero attached hydrogens (tertiary/aromatic N) is 3. The number of hydrogen-bond donors (Lipinski definition) is 2. The van der Waals surface area contributed by atoms with E-state index in [9.17, 15) is 9.90 Å². The summed E-state index contributed by atoms with van der Waals surface area (Å²) in [6.45, 7) is 17.9. The summed E-state index contributed by atoms with van der Waals surface area (Å²) >= 11 is 0. The SMILES string of the molecule is C=C(NCc1ccc(-n2ccnc2C)cc1)[C@@H]1C[C@@H](O)CN1C(=O)[C@@H](CC(C)C)C(C)(C)C. The average Bonchev–Trinajstić information content (AvgIpc) is 3.35. The predicted octanol–water partition coefficient (Wildman–Crippen LogP) is 4.45. The topological polar surface area (TPSA) is 70.4 Å². The molecule has 2 aromatic rings. The molecule has 0 saturated carbocycles. The van der Waals surface area contributed by atoms with Crippen LogP contribution < -0.4 is 5.32 Å². The molecule has 33 heavy (non-hydrogen) atoms. The normalized spacial score (nSPS) is 19.7. The molecular weight excluding hydrogens is 412 g/mol. The largest absolute Gasteiger partial charge is 0.391 e. The minimum absolute atomic E-state index is 0.0859. The number of aryl methyl sites for hydroxylation is 1. The molecule has 0 radical (unpaired) electrons. The minimum atomic E-state index is -0.519. The summed E-state index contributed by atoms with van der Waals surface area (Å²) in [6.07, 6.45) is 4.59. The highest BCUT2D eigenvalue weighted by atomic mass is 16.3. The van der Waals surface area contributed by atoms with Crippen LogP contribution in [0.5, 0.6) is 0 Å². The number of carbonyl (C=O) groups is 1. The van der Waals surface area contributed by atoms with Gasteiger partial charge < -0.3 is 19.9 Å². The molecule has 3 rings (SSSR count). The molecule has 0 bridgehead atoms. The maximum absolute atomic E-state index is 13.6. The number of rotatable bonds is 8. The van der Waals surface area contributed by atoms with Gasteiger partial charge in [0, 0.05) is 49.2 Å². The average molecular weight is 453 g/mol. The Morgan fingerprint density at radius 2 is 1.94 bits per heavy atom. The van der Waals surface area contributed by atoms with Crippen molar-refractivity contribution in [3.63, 3.8) is 0 Å². The maximum Gasteiger partial charge on any atom is 0.226 e. The summed E-state index contributed by atoms with van der Waals surface area (Å²) in [6, 6.07) is 8.12. The van der Waals surface area contributed by atoms with Crippen molar-refractivity contribution in [1.29, 1.82) is 0 Å². The van der Waals surface area contributed by atoms with Gasteiger partial charge >= 0.3 is 0 Å². The number of nitrogens with one attached hydrogen (secondary N) is 1. The van der Waals surface area contributed by atoms with Gasteiger partial charge in [-0.1, -0.05) is 53.3 Å². The number of β-amino-alcohol motifs (C(OH)–C–C–N with tert-alkyl or cyclic N) is 1. The Hall–Kier alpha value is -2.60. The van der Waals surface area contributed by atoms with Crippen LogP contribution in [0.1, 0.15) is 58.8 Å². The molecular formula is C27H40N4O2. The minimum Gasteiger partial charge on any atom is -0.391 e. The van der Waals surface area contributed by atoms with Crippen molar-refractivity contribution in [1.82, 2.24) is 19.8 Å². The zero-order valence-corrected chi connectivity index (χ0v) is 21.0. The highest BCUT2D eigenvalue weighted by molar-refractivity contribution is 5.80. The monoisotopic (exact) mass is 452 g/mol. The Morgan fingerprint density at radius 3 is 2.48 bits per heavy atom. The Balaban J connectivity index is 1.66. The third kappa shape index (κ3) is 6.05. The lowest BCUT2D eigenvalue weighted by molar-refractivity contribution is -0.140. The molecule has 2 heterocycles. The van der Waals surface area contributed by atoms with Crippen molar-refractivity contribution in [2.24, 2.45) is 17.3 Å². The fourth-order valence-corrected chi connectivity index (χ4v) is 4.64. The lowest BCUT2D eigenvalue weighted by Crippen LogP contribution is -2.46. The summed E-state index contributed by atoms with van der Waals surface area (Å²) in [5.74, 6) is 1.42. The van der Waals surface area contributed by atoms with Gasteiger partial charge in [-0.2, -0.15) is 0 Å². The van der Waals surface area contributed by atoms with Gasteiger partial charge in [0.05, 0.1) is 12.1 Å². The van der Waals surface area contributed by atoms with Crippen LogP contribution in [0, 0.1) is 24.2 Å². The lowest BCUT2D eigenvalue weighted by Gasteiger charge is -2.36. The molecule has 1 aromatic heterocycles. The molecule has 2 N–H and O–H groups in total. The van der Waals surface area contributed by atoms with Crippen molar-refractivity contribution in [2.75, 3.05) is 6.54 Å². The van der Waals surface area contributed by atoms with Crippen LogP contribution in [0.3, 0.4) is 0 Å². The number of aromatic nitrogens is 2. The first-order valence-corrected chi connectivity index (χ1v) is 12.0. The Morgan fingerprint density at radius 1 is 1.27 bits per heavy atom. The van der Waals surface area contributed by atoms with Crippen LogP contribution in [-0.4, -0.2) is 44.2 Å². The van der Waals surface area contributed by atoms with Crippen molar-refractivity contribution in [3.8, 4) is 5.69 Å². The van der Waals surface area contributed by atoms with Gasteiger partial charge in [-0.25, -0.2) is 4.98 Å². The van der Waals surface area contributed by atoms with Gasteiger partial charge in [0.25, 0.3) is 0 Å². The zero-order chi connectivity index (χ0) is 24.3. The molecule has 1 saturated heterocycles. The van der Waals surface area contributed by atoms with Gasteiger partial charge in [-0.05, 0) is 42.4 Å². The van der Waals surface area contributed by atoms with E-state index < -0.39 is 6.10 Å². The van der Waals surface area contributed by atoms with Gasteiger partial charge in [-0.3, -0.25) is 4.79 Å². The first-order chi connectivity index (χ1) is 15.5. The van der Waals surface area contributed by atoms with E-state index in [1.165, 1.54) is 0 Å². The van der Waals surface area contributed by atoms with E-state index in [1.54, 1.807) is 6.20 Å². The molecule has 0 spiro atoms. The van der Waals surface area contributed by atoms with Crippen molar-refractivity contribution in [2.45, 2.75) is 73.1 Å². The van der Waals surface area contributed by atoms with E-state index in [1.807, 2.05) is 22.6 Å². The highest BCUT2D eigenvalue weighted by Gasteiger charge is 2.42. The van der Waals surface area contributed by atoms with Crippen LogP contribution in [0.4, 0.5) is 0 Å². The first kappa shape index (κ1) is 25.0. The summed E-state index contributed by atoms with van der Waals surface area (Å²) in [5, 5.41) is 13.8. The van der Waals surface area contributed by atoms with E-state index in [-0.39, 0.29) is 23.3 Å². The van der Waals surface area contributed by atoms with Gasteiger partial charge in [0.15, 0.2) is 0 Å². The Kier molecular flexibility index (Phi) is 7.68. The number of benzene rings is 1. The number of imidazole rings is 1. The molecule has 1 amide bonds. The smallest absolute Gasteiger partial charge is 0.226 e. The summed E-state index contributed by atoms with van der Waals surface area (Å²) in [5.41, 5.74) is 2.85.